The fourth-order valence-corrected chi connectivity index (χ4v) is 4.83. The molecule has 0 spiro atoms. The lowest BCUT2D eigenvalue weighted by Crippen LogP contribution is -2.38. The first kappa shape index (κ1) is 20.3. The fraction of sp³-hybridized carbons (Fsp3) is 0.280. The Morgan fingerprint density at radius 2 is 1.88 bits per heavy atom. The van der Waals surface area contributed by atoms with E-state index in [9.17, 15) is 19.1 Å². The van der Waals surface area contributed by atoms with Crippen LogP contribution in [-0.4, -0.2) is 34.8 Å². The van der Waals surface area contributed by atoms with E-state index < -0.39 is 29.3 Å². The summed E-state index contributed by atoms with van der Waals surface area (Å²) in [5.41, 5.74) is 0.924. The van der Waals surface area contributed by atoms with Gasteiger partial charge >= 0.3 is 0 Å². The highest BCUT2D eigenvalue weighted by Gasteiger charge is 2.47. The highest BCUT2D eigenvalue weighted by molar-refractivity contribution is 6.16. The smallest absolute Gasteiger partial charge is 0.290 e. The molecule has 1 N–H and O–H groups in total. The molecule has 0 radical (unpaired) electrons. The van der Waals surface area contributed by atoms with Gasteiger partial charge in [-0.05, 0) is 42.7 Å². The first-order chi connectivity index (χ1) is 15.5. The van der Waals surface area contributed by atoms with Gasteiger partial charge in [-0.1, -0.05) is 37.1 Å². The maximum atomic E-state index is 13.6. The van der Waals surface area contributed by atoms with Crippen LogP contribution in [0.2, 0.25) is 0 Å². The van der Waals surface area contributed by atoms with Crippen LogP contribution in [0.5, 0.6) is 5.75 Å². The van der Waals surface area contributed by atoms with E-state index in [-0.39, 0.29) is 17.4 Å². The minimum absolute atomic E-state index is 0.000710. The summed E-state index contributed by atoms with van der Waals surface area (Å²) in [6.07, 6.45) is 3.52. The number of halogens is 1. The van der Waals surface area contributed by atoms with Crippen LogP contribution in [0, 0.1) is 5.82 Å². The number of rotatable bonds is 5. The van der Waals surface area contributed by atoms with E-state index >= 15 is 0 Å². The maximum absolute atomic E-state index is 13.6. The number of methoxy groups -OCH3 is 1. The maximum Gasteiger partial charge on any atom is 0.290 e. The minimum atomic E-state index is -0.811. The average molecular weight is 435 g/mol. The molecule has 2 aliphatic rings. The summed E-state index contributed by atoms with van der Waals surface area (Å²) in [4.78, 5) is 28.3. The van der Waals surface area contributed by atoms with Crippen molar-refractivity contribution in [1.29, 1.82) is 0 Å². The third-order valence-corrected chi connectivity index (χ3v) is 6.34. The summed E-state index contributed by atoms with van der Waals surface area (Å²) >= 11 is 0. The van der Waals surface area contributed by atoms with Crippen molar-refractivity contribution in [2.75, 3.05) is 7.11 Å². The van der Waals surface area contributed by atoms with Crippen LogP contribution in [-0.2, 0) is 4.79 Å². The monoisotopic (exact) mass is 435 g/mol. The number of benzene rings is 2. The lowest BCUT2D eigenvalue weighted by molar-refractivity contribution is -0.131. The van der Waals surface area contributed by atoms with E-state index in [0.29, 0.717) is 22.3 Å². The molecule has 5 rings (SSSR count). The second kappa shape index (κ2) is 7.82. The Morgan fingerprint density at radius 1 is 1.16 bits per heavy atom. The van der Waals surface area contributed by atoms with Gasteiger partial charge in [-0.2, -0.15) is 0 Å². The number of nitrogens with zero attached hydrogens (tertiary/aromatic N) is 1. The van der Waals surface area contributed by atoms with Crippen molar-refractivity contribution in [3.05, 3.63) is 77.0 Å². The molecule has 1 aliphatic heterocycles. The van der Waals surface area contributed by atoms with E-state index in [1.165, 1.54) is 19.2 Å². The summed E-state index contributed by atoms with van der Waals surface area (Å²) in [5.74, 6) is -1.68. The molecule has 1 amide bonds. The van der Waals surface area contributed by atoms with Gasteiger partial charge in [0, 0.05) is 11.4 Å². The molecular weight excluding hydrogens is 413 g/mol. The molecule has 1 atom stereocenters. The highest BCUT2D eigenvalue weighted by atomic mass is 19.1. The topological polar surface area (TPSA) is 80.0 Å². The average Bonchev–Trinajstić information content (AvgIpc) is 3.53. The van der Waals surface area contributed by atoms with Crippen molar-refractivity contribution < 1.29 is 28.2 Å². The third kappa shape index (κ3) is 3.16. The van der Waals surface area contributed by atoms with Gasteiger partial charge < -0.3 is 19.2 Å². The number of carbonyl (C=O) groups excluding carboxylic acids is 2. The van der Waals surface area contributed by atoms with Crippen LogP contribution in [0.25, 0.3) is 11.0 Å². The predicted octanol–water partition coefficient (Wildman–Crippen LogP) is 5.10. The quantitative estimate of drug-likeness (QED) is 0.564. The van der Waals surface area contributed by atoms with Gasteiger partial charge in [-0.3, -0.25) is 9.59 Å². The number of aliphatic hydroxyl groups is 1. The van der Waals surface area contributed by atoms with Gasteiger partial charge in [0.05, 0.1) is 18.7 Å². The van der Waals surface area contributed by atoms with Crippen molar-refractivity contribution in [1.82, 2.24) is 4.90 Å². The summed E-state index contributed by atoms with van der Waals surface area (Å²) < 4.78 is 24.7. The largest absolute Gasteiger partial charge is 0.503 e. The molecule has 1 fully saturated rings. The molecule has 2 aromatic carbocycles. The Morgan fingerprint density at radius 3 is 2.56 bits per heavy atom. The van der Waals surface area contributed by atoms with Gasteiger partial charge in [0.15, 0.2) is 22.9 Å². The van der Waals surface area contributed by atoms with Gasteiger partial charge in [0.25, 0.3) is 5.91 Å². The summed E-state index contributed by atoms with van der Waals surface area (Å²) in [6.45, 7) is 0. The first-order valence-electron chi connectivity index (χ1n) is 10.6. The molecule has 7 heteroatoms. The van der Waals surface area contributed by atoms with Crippen LogP contribution < -0.4 is 4.74 Å². The zero-order valence-corrected chi connectivity index (χ0v) is 17.5. The third-order valence-electron chi connectivity index (χ3n) is 6.34. The van der Waals surface area contributed by atoms with Crippen molar-refractivity contribution in [2.24, 2.45) is 0 Å². The van der Waals surface area contributed by atoms with Crippen LogP contribution >= 0.6 is 0 Å². The van der Waals surface area contributed by atoms with Crippen molar-refractivity contribution >= 4 is 22.7 Å². The lowest BCUT2D eigenvalue weighted by Gasteiger charge is -2.32. The van der Waals surface area contributed by atoms with Gasteiger partial charge in [0.2, 0.25) is 5.78 Å². The molecule has 0 bridgehead atoms. The summed E-state index contributed by atoms with van der Waals surface area (Å²) in [5, 5.41) is 11.5. The summed E-state index contributed by atoms with van der Waals surface area (Å²) in [6, 6.07) is 11.6. The van der Waals surface area contributed by atoms with E-state index in [4.69, 9.17) is 9.15 Å². The van der Waals surface area contributed by atoms with Crippen LogP contribution in [0.1, 0.15) is 47.8 Å². The van der Waals surface area contributed by atoms with Crippen molar-refractivity contribution in [3.63, 3.8) is 0 Å². The first-order valence-corrected chi connectivity index (χ1v) is 10.6. The number of amides is 1. The number of para-hydroxylation sites is 1. The fourth-order valence-electron chi connectivity index (χ4n) is 4.83. The standard InChI is InChI=1S/C25H22FNO5/c1-31-18-8-4-5-15-13-19(32-24(15)18)22(28)20-21(14-9-11-16(26)12-10-14)27(25(30)23(20)29)17-6-2-3-7-17/h4-5,8-13,17,21,29H,2-3,6-7H2,1H3. The number of aliphatic hydroxyl groups excluding tert-OH is 1. The molecule has 2 heterocycles. The SMILES string of the molecule is COc1cccc2cc(C(=O)C3=C(O)C(=O)N(C4CCCC4)C3c3ccc(F)cc3)oc12. The number of furan rings is 1. The van der Waals surface area contributed by atoms with Gasteiger partial charge in [-0.15, -0.1) is 0 Å². The zero-order chi connectivity index (χ0) is 22.4. The molecule has 3 aromatic rings. The van der Waals surface area contributed by atoms with E-state index in [1.807, 2.05) is 0 Å². The molecule has 1 aromatic heterocycles. The Kier molecular flexibility index (Phi) is 4.96. The number of hydrogen-bond acceptors (Lipinski definition) is 5. The van der Waals surface area contributed by atoms with Crippen molar-refractivity contribution in [3.8, 4) is 5.75 Å². The number of Topliss-reactive ketones (excluding diaryl/α,β-unsaturated/α-hetero) is 1. The zero-order valence-electron chi connectivity index (χ0n) is 17.5. The normalized spacial score (nSPS) is 19.4. The van der Waals surface area contributed by atoms with Crippen LogP contribution in [0.3, 0.4) is 0 Å². The number of ketones is 1. The number of carbonyl (C=O) groups is 2. The number of ether oxygens (including phenoxy) is 1. The van der Waals surface area contributed by atoms with Crippen LogP contribution in [0.15, 0.2) is 64.3 Å². The van der Waals surface area contributed by atoms with Gasteiger partial charge in [-0.25, -0.2) is 4.39 Å². The highest BCUT2D eigenvalue weighted by Crippen LogP contribution is 2.44. The summed E-state index contributed by atoms with van der Waals surface area (Å²) in [7, 11) is 1.51. The molecule has 1 saturated carbocycles. The second-order valence-corrected chi connectivity index (χ2v) is 8.19. The van der Waals surface area contributed by atoms with Gasteiger partial charge in [0.1, 0.15) is 5.82 Å². The van der Waals surface area contributed by atoms with E-state index in [0.717, 1.165) is 25.7 Å². The Hall–Kier alpha value is -3.61. The predicted molar refractivity (Wildman–Crippen MR) is 115 cm³/mol. The Labute approximate surface area is 183 Å². The molecule has 32 heavy (non-hydrogen) atoms. The van der Waals surface area contributed by atoms with E-state index in [2.05, 4.69) is 0 Å². The molecule has 164 valence electrons. The molecule has 1 aliphatic carbocycles. The Bertz CT molecular complexity index is 1240. The molecule has 0 saturated heterocycles. The molecule has 1 unspecified atom stereocenters. The number of fused-ring (bicyclic) bond motifs is 1. The second-order valence-electron chi connectivity index (χ2n) is 8.19. The lowest BCUT2D eigenvalue weighted by atomic mass is 9.94. The molecular formula is C25H22FNO5. The Balaban J connectivity index is 1.62. The number of hydrogen-bond donors (Lipinski definition) is 1. The minimum Gasteiger partial charge on any atom is -0.503 e. The van der Waals surface area contributed by atoms with Crippen LogP contribution in [0.4, 0.5) is 4.39 Å². The molecule has 6 nitrogen and oxygen atoms in total. The van der Waals surface area contributed by atoms with E-state index in [1.54, 1.807) is 41.3 Å². The van der Waals surface area contributed by atoms with Crippen molar-refractivity contribution in [2.45, 2.75) is 37.8 Å².